The maximum absolute atomic E-state index is 12.8. The zero-order chi connectivity index (χ0) is 16.3. The first-order chi connectivity index (χ1) is 11.1. The highest BCUT2D eigenvalue weighted by Gasteiger charge is 2.30. The highest BCUT2D eigenvalue weighted by Crippen LogP contribution is 2.34. The van der Waals surface area contributed by atoms with Gasteiger partial charge < -0.3 is 10.2 Å². The Morgan fingerprint density at radius 1 is 0.833 bits per heavy atom. The van der Waals surface area contributed by atoms with Crippen LogP contribution in [0.3, 0.4) is 0 Å². The third kappa shape index (κ3) is 4.22. The maximum Gasteiger partial charge on any atom is 0.416 e. The molecule has 1 saturated heterocycles. The van der Waals surface area contributed by atoms with Crippen LogP contribution in [0.4, 0.5) is 24.5 Å². The van der Waals surface area contributed by atoms with E-state index in [-0.39, 0.29) is 18.4 Å². The summed E-state index contributed by atoms with van der Waals surface area (Å²) in [5, 5.41) is 3.33. The fourth-order valence-electron chi connectivity index (χ4n) is 3.04. The van der Waals surface area contributed by atoms with E-state index in [0.717, 1.165) is 49.4 Å². The molecular formula is C18H20ClF3N2. The second-order valence-corrected chi connectivity index (χ2v) is 5.73. The number of nitrogens with one attached hydrogen (secondary N) is 1. The Morgan fingerprint density at radius 2 is 1.38 bits per heavy atom. The summed E-state index contributed by atoms with van der Waals surface area (Å²) < 4.78 is 38.3. The van der Waals surface area contributed by atoms with Crippen molar-refractivity contribution in [2.24, 2.45) is 0 Å². The Hall–Kier alpha value is -1.72. The summed E-state index contributed by atoms with van der Waals surface area (Å²) in [6, 6.07) is 15.6. The molecule has 3 rings (SSSR count). The average molecular weight is 357 g/mol. The van der Waals surface area contributed by atoms with Crippen molar-refractivity contribution in [2.45, 2.75) is 25.1 Å². The second-order valence-electron chi connectivity index (χ2n) is 5.73. The predicted octanol–water partition coefficient (Wildman–Crippen LogP) is 5.02. The molecule has 1 aliphatic heterocycles. The molecule has 2 aromatic carbocycles. The number of benzene rings is 2. The number of hydrogen-bond donors (Lipinski definition) is 1. The number of rotatable bonds is 3. The molecule has 6 heteroatoms. The van der Waals surface area contributed by atoms with Gasteiger partial charge in [-0.2, -0.15) is 13.2 Å². The standard InChI is InChI=1S/C18H19F3N2.ClH/c19-18(20,21)14-6-8-16(9-7-14)23(15-4-2-1-3-5-15)17-10-12-22-13-11-17;/h1-9,17,22H,10-13H2;1H. The Bertz CT molecular complexity index is 623. The minimum Gasteiger partial charge on any atom is -0.338 e. The summed E-state index contributed by atoms with van der Waals surface area (Å²) in [6.07, 6.45) is -2.36. The average Bonchev–Trinajstić information content (AvgIpc) is 2.57. The van der Waals surface area contributed by atoms with E-state index in [1.807, 2.05) is 30.3 Å². The molecule has 0 aromatic heterocycles. The predicted molar refractivity (Wildman–Crippen MR) is 93.2 cm³/mol. The van der Waals surface area contributed by atoms with Crippen molar-refractivity contribution in [3.8, 4) is 0 Å². The molecule has 130 valence electrons. The molecule has 0 unspecified atom stereocenters. The zero-order valence-electron chi connectivity index (χ0n) is 13.1. The van der Waals surface area contributed by atoms with Crippen molar-refractivity contribution in [3.63, 3.8) is 0 Å². The van der Waals surface area contributed by atoms with Crippen LogP contribution in [0.5, 0.6) is 0 Å². The molecule has 0 saturated carbocycles. The Labute approximate surface area is 146 Å². The summed E-state index contributed by atoms with van der Waals surface area (Å²) in [7, 11) is 0. The zero-order valence-corrected chi connectivity index (χ0v) is 13.9. The smallest absolute Gasteiger partial charge is 0.338 e. The SMILES string of the molecule is Cl.FC(F)(F)c1ccc(N(c2ccccc2)C2CCNCC2)cc1. The summed E-state index contributed by atoms with van der Waals surface area (Å²) in [5.41, 5.74) is 1.20. The lowest BCUT2D eigenvalue weighted by Crippen LogP contribution is -2.40. The molecular weight excluding hydrogens is 337 g/mol. The number of piperidine rings is 1. The van der Waals surface area contributed by atoms with Gasteiger partial charge in [0.25, 0.3) is 0 Å². The Balaban J connectivity index is 0.00000208. The molecule has 1 heterocycles. The minimum atomic E-state index is -4.30. The van der Waals surface area contributed by atoms with Crippen LogP contribution in [0.2, 0.25) is 0 Å². The fourth-order valence-corrected chi connectivity index (χ4v) is 3.04. The van der Waals surface area contributed by atoms with Crippen LogP contribution in [0.25, 0.3) is 0 Å². The third-order valence-corrected chi connectivity index (χ3v) is 4.18. The van der Waals surface area contributed by atoms with Crippen LogP contribution < -0.4 is 10.2 Å². The Morgan fingerprint density at radius 3 is 1.92 bits per heavy atom. The van der Waals surface area contributed by atoms with Gasteiger partial charge in [0, 0.05) is 17.4 Å². The number of hydrogen-bond acceptors (Lipinski definition) is 2. The highest BCUT2D eigenvalue weighted by molar-refractivity contribution is 5.85. The van der Waals surface area contributed by atoms with Gasteiger partial charge in [-0.1, -0.05) is 18.2 Å². The van der Waals surface area contributed by atoms with Crippen molar-refractivity contribution in [1.29, 1.82) is 0 Å². The summed E-state index contributed by atoms with van der Waals surface area (Å²) in [5.74, 6) is 0. The van der Waals surface area contributed by atoms with Crippen LogP contribution >= 0.6 is 12.4 Å². The van der Waals surface area contributed by atoms with E-state index in [9.17, 15) is 13.2 Å². The number of nitrogens with zero attached hydrogens (tertiary/aromatic N) is 1. The van der Waals surface area contributed by atoms with Gasteiger partial charge >= 0.3 is 6.18 Å². The van der Waals surface area contributed by atoms with Gasteiger partial charge in [0.2, 0.25) is 0 Å². The molecule has 0 bridgehead atoms. The van der Waals surface area contributed by atoms with Crippen molar-refractivity contribution < 1.29 is 13.2 Å². The molecule has 1 aliphatic rings. The van der Waals surface area contributed by atoms with Crippen LogP contribution in [-0.4, -0.2) is 19.1 Å². The molecule has 0 spiro atoms. The monoisotopic (exact) mass is 356 g/mol. The molecule has 0 atom stereocenters. The second kappa shape index (κ2) is 7.90. The molecule has 2 nitrogen and oxygen atoms in total. The first kappa shape index (κ1) is 18.6. The maximum atomic E-state index is 12.8. The van der Waals surface area contributed by atoms with E-state index in [1.54, 1.807) is 12.1 Å². The van der Waals surface area contributed by atoms with Crippen LogP contribution in [0.1, 0.15) is 18.4 Å². The lowest BCUT2D eigenvalue weighted by atomic mass is 10.0. The number of para-hydroxylation sites is 1. The number of halogens is 4. The molecule has 1 N–H and O–H groups in total. The normalized spacial score (nSPS) is 15.6. The summed E-state index contributed by atoms with van der Waals surface area (Å²) in [6.45, 7) is 1.85. The van der Waals surface area contributed by atoms with Gasteiger partial charge in [0.05, 0.1) is 5.56 Å². The van der Waals surface area contributed by atoms with Gasteiger partial charge in [-0.25, -0.2) is 0 Å². The van der Waals surface area contributed by atoms with Gasteiger partial charge in [-0.05, 0) is 62.3 Å². The lowest BCUT2D eigenvalue weighted by Gasteiger charge is -2.36. The topological polar surface area (TPSA) is 15.3 Å². The van der Waals surface area contributed by atoms with E-state index >= 15 is 0 Å². The number of anilines is 2. The van der Waals surface area contributed by atoms with Gasteiger partial charge in [0.1, 0.15) is 0 Å². The molecule has 0 aliphatic carbocycles. The van der Waals surface area contributed by atoms with E-state index in [2.05, 4.69) is 10.2 Å². The molecule has 2 aromatic rings. The largest absolute Gasteiger partial charge is 0.416 e. The number of alkyl halides is 3. The highest BCUT2D eigenvalue weighted by atomic mass is 35.5. The van der Waals surface area contributed by atoms with E-state index in [1.165, 1.54) is 0 Å². The van der Waals surface area contributed by atoms with Gasteiger partial charge in [-0.15, -0.1) is 12.4 Å². The first-order valence-electron chi connectivity index (χ1n) is 7.78. The quantitative estimate of drug-likeness (QED) is 0.831. The van der Waals surface area contributed by atoms with Gasteiger partial charge in [0.15, 0.2) is 0 Å². The first-order valence-corrected chi connectivity index (χ1v) is 7.78. The van der Waals surface area contributed by atoms with Crippen molar-refractivity contribution in [2.75, 3.05) is 18.0 Å². The molecule has 1 fully saturated rings. The summed E-state index contributed by atoms with van der Waals surface area (Å²) >= 11 is 0. The fraction of sp³-hybridized carbons (Fsp3) is 0.333. The van der Waals surface area contributed by atoms with E-state index < -0.39 is 11.7 Å². The Kier molecular flexibility index (Phi) is 6.13. The van der Waals surface area contributed by atoms with E-state index in [0.29, 0.717) is 0 Å². The molecule has 0 radical (unpaired) electrons. The molecule has 24 heavy (non-hydrogen) atoms. The minimum absolute atomic E-state index is 0. The van der Waals surface area contributed by atoms with E-state index in [4.69, 9.17) is 0 Å². The summed E-state index contributed by atoms with van der Waals surface area (Å²) in [4.78, 5) is 2.15. The molecule has 0 amide bonds. The third-order valence-electron chi connectivity index (χ3n) is 4.18. The van der Waals surface area contributed by atoms with Crippen LogP contribution in [0.15, 0.2) is 54.6 Å². The van der Waals surface area contributed by atoms with Crippen LogP contribution in [0, 0.1) is 0 Å². The van der Waals surface area contributed by atoms with Crippen molar-refractivity contribution in [3.05, 3.63) is 60.2 Å². The van der Waals surface area contributed by atoms with Gasteiger partial charge in [-0.3, -0.25) is 0 Å². The van der Waals surface area contributed by atoms with Crippen molar-refractivity contribution in [1.82, 2.24) is 5.32 Å². The lowest BCUT2D eigenvalue weighted by molar-refractivity contribution is -0.137. The van der Waals surface area contributed by atoms with Crippen molar-refractivity contribution >= 4 is 23.8 Å². The van der Waals surface area contributed by atoms with Crippen LogP contribution in [-0.2, 0) is 6.18 Å².